The van der Waals surface area contributed by atoms with Crippen LogP contribution < -0.4 is 5.32 Å². The molecule has 1 heterocycles. The molecule has 1 saturated heterocycles. The fourth-order valence-corrected chi connectivity index (χ4v) is 3.86. The van der Waals surface area contributed by atoms with Crippen molar-refractivity contribution in [3.63, 3.8) is 0 Å². The highest BCUT2D eigenvalue weighted by atomic mass is 35.5. The molecule has 1 aromatic carbocycles. The van der Waals surface area contributed by atoms with E-state index in [-0.39, 0.29) is 6.03 Å². The van der Waals surface area contributed by atoms with Gasteiger partial charge in [0.15, 0.2) is 0 Å². The molecule has 1 aliphatic carbocycles. The quantitative estimate of drug-likeness (QED) is 0.840. The van der Waals surface area contributed by atoms with Crippen molar-refractivity contribution < 1.29 is 4.79 Å². The van der Waals surface area contributed by atoms with Crippen LogP contribution in [0.5, 0.6) is 0 Å². The molecule has 132 valence electrons. The highest BCUT2D eigenvalue weighted by Crippen LogP contribution is 2.19. The molecule has 0 spiro atoms. The van der Waals surface area contributed by atoms with E-state index < -0.39 is 0 Å². The van der Waals surface area contributed by atoms with Crippen LogP contribution in [0.2, 0.25) is 5.02 Å². The first-order chi connectivity index (χ1) is 11.7. The molecule has 5 heteroatoms. The number of urea groups is 1. The van der Waals surface area contributed by atoms with Crippen molar-refractivity contribution in [1.29, 1.82) is 0 Å². The molecule has 0 aromatic heterocycles. The van der Waals surface area contributed by atoms with Gasteiger partial charge in [-0.2, -0.15) is 0 Å². The van der Waals surface area contributed by atoms with Crippen molar-refractivity contribution in [3.05, 3.63) is 34.9 Å². The highest BCUT2D eigenvalue weighted by Gasteiger charge is 2.23. The van der Waals surface area contributed by atoms with E-state index in [9.17, 15) is 4.79 Å². The maximum Gasteiger partial charge on any atom is 0.317 e. The average molecular weight is 350 g/mol. The molecule has 1 N–H and O–H groups in total. The van der Waals surface area contributed by atoms with Crippen LogP contribution >= 0.6 is 11.6 Å². The summed E-state index contributed by atoms with van der Waals surface area (Å²) in [6.45, 7) is 4.26. The number of hydrogen-bond acceptors (Lipinski definition) is 2. The molecule has 24 heavy (non-hydrogen) atoms. The van der Waals surface area contributed by atoms with Gasteiger partial charge in [0, 0.05) is 43.8 Å². The third-order valence-corrected chi connectivity index (χ3v) is 5.56. The van der Waals surface area contributed by atoms with Gasteiger partial charge in [-0.05, 0) is 24.5 Å². The van der Waals surface area contributed by atoms with Crippen LogP contribution in [0.3, 0.4) is 0 Å². The van der Waals surface area contributed by atoms with Crippen molar-refractivity contribution in [2.75, 3.05) is 26.2 Å². The summed E-state index contributed by atoms with van der Waals surface area (Å²) in [4.78, 5) is 16.8. The third kappa shape index (κ3) is 4.87. The molecule has 0 radical (unpaired) electrons. The molecule has 3 rings (SSSR count). The first-order valence-corrected chi connectivity index (χ1v) is 9.61. The largest absolute Gasteiger partial charge is 0.335 e. The van der Waals surface area contributed by atoms with E-state index in [0.29, 0.717) is 6.04 Å². The monoisotopic (exact) mass is 349 g/mol. The number of carbonyl (C=O) groups is 1. The minimum atomic E-state index is 0.124. The van der Waals surface area contributed by atoms with E-state index in [1.807, 2.05) is 23.1 Å². The number of halogens is 1. The van der Waals surface area contributed by atoms with Crippen molar-refractivity contribution >= 4 is 17.6 Å². The maximum atomic E-state index is 12.5. The SMILES string of the molecule is O=C(NC1CCCCCC1)N1CCN(Cc2ccccc2Cl)CC1. The molecular weight excluding hydrogens is 322 g/mol. The average Bonchev–Trinajstić information content (AvgIpc) is 2.86. The topological polar surface area (TPSA) is 35.6 Å². The summed E-state index contributed by atoms with van der Waals surface area (Å²) in [7, 11) is 0. The minimum Gasteiger partial charge on any atom is -0.335 e. The number of nitrogens with zero attached hydrogens (tertiary/aromatic N) is 2. The number of piperazine rings is 1. The molecule has 2 amide bonds. The lowest BCUT2D eigenvalue weighted by Gasteiger charge is -2.35. The van der Waals surface area contributed by atoms with Crippen LogP contribution in [0.4, 0.5) is 4.79 Å². The van der Waals surface area contributed by atoms with Gasteiger partial charge in [-0.1, -0.05) is 55.5 Å². The second-order valence-electron chi connectivity index (χ2n) is 6.99. The van der Waals surface area contributed by atoms with Gasteiger partial charge in [-0.25, -0.2) is 4.79 Å². The van der Waals surface area contributed by atoms with Crippen LogP contribution in [0, 0.1) is 0 Å². The molecule has 1 aromatic rings. The van der Waals surface area contributed by atoms with Gasteiger partial charge in [-0.3, -0.25) is 4.90 Å². The first kappa shape index (κ1) is 17.6. The van der Waals surface area contributed by atoms with Crippen LogP contribution in [0.1, 0.15) is 44.1 Å². The molecule has 0 atom stereocenters. The Morgan fingerprint density at radius 3 is 2.38 bits per heavy atom. The number of rotatable bonds is 3. The number of benzene rings is 1. The van der Waals surface area contributed by atoms with Crippen LogP contribution in [-0.4, -0.2) is 48.1 Å². The fourth-order valence-electron chi connectivity index (χ4n) is 3.67. The van der Waals surface area contributed by atoms with Crippen LogP contribution in [0.15, 0.2) is 24.3 Å². The zero-order chi connectivity index (χ0) is 16.8. The number of amides is 2. The van der Waals surface area contributed by atoms with Gasteiger partial charge >= 0.3 is 6.03 Å². The summed E-state index contributed by atoms with van der Waals surface area (Å²) < 4.78 is 0. The molecule has 2 aliphatic rings. The lowest BCUT2D eigenvalue weighted by atomic mass is 10.1. The van der Waals surface area contributed by atoms with Crippen molar-refractivity contribution in [1.82, 2.24) is 15.1 Å². The predicted octanol–water partition coefficient (Wildman–Crippen LogP) is 3.89. The maximum absolute atomic E-state index is 12.5. The lowest BCUT2D eigenvalue weighted by molar-refractivity contribution is 0.133. The predicted molar refractivity (Wildman–Crippen MR) is 98.3 cm³/mol. The zero-order valence-corrected chi connectivity index (χ0v) is 15.1. The Morgan fingerprint density at radius 1 is 1.04 bits per heavy atom. The van der Waals surface area contributed by atoms with Gasteiger partial charge in [0.25, 0.3) is 0 Å². The molecule has 2 fully saturated rings. The third-order valence-electron chi connectivity index (χ3n) is 5.19. The fraction of sp³-hybridized carbons (Fsp3) is 0.632. The Kier molecular flexibility index (Phi) is 6.38. The standard InChI is InChI=1S/C19H28ClN3O/c20-18-10-6-5-7-16(18)15-22-11-13-23(14-12-22)19(24)21-17-8-3-1-2-4-9-17/h5-7,10,17H,1-4,8-9,11-15H2,(H,21,24). The molecule has 1 aliphatic heterocycles. The Hall–Kier alpha value is -1.26. The molecular formula is C19H28ClN3O. The zero-order valence-electron chi connectivity index (χ0n) is 14.3. The summed E-state index contributed by atoms with van der Waals surface area (Å²) in [5.41, 5.74) is 1.16. The second-order valence-corrected chi connectivity index (χ2v) is 7.40. The van der Waals surface area contributed by atoms with E-state index in [4.69, 9.17) is 11.6 Å². The van der Waals surface area contributed by atoms with Crippen molar-refractivity contribution in [3.8, 4) is 0 Å². The molecule has 4 nitrogen and oxygen atoms in total. The van der Waals surface area contributed by atoms with Gasteiger partial charge < -0.3 is 10.2 Å². The summed E-state index contributed by atoms with van der Waals surface area (Å²) in [5, 5.41) is 4.07. The number of nitrogens with one attached hydrogen (secondary N) is 1. The van der Waals surface area contributed by atoms with Gasteiger partial charge in [0.2, 0.25) is 0 Å². The van der Waals surface area contributed by atoms with Gasteiger partial charge in [-0.15, -0.1) is 0 Å². The van der Waals surface area contributed by atoms with Crippen molar-refractivity contribution in [2.45, 2.75) is 51.1 Å². The summed E-state index contributed by atoms with van der Waals surface area (Å²) in [6, 6.07) is 8.50. The van der Waals surface area contributed by atoms with E-state index >= 15 is 0 Å². The number of hydrogen-bond donors (Lipinski definition) is 1. The number of carbonyl (C=O) groups excluding carboxylic acids is 1. The smallest absolute Gasteiger partial charge is 0.317 e. The molecule has 0 unspecified atom stereocenters. The van der Waals surface area contributed by atoms with Gasteiger partial charge in [0.1, 0.15) is 0 Å². The Bertz CT molecular complexity index is 535. The highest BCUT2D eigenvalue weighted by molar-refractivity contribution is 6.31. The Labute approximate surface area is 150 Å². The summed E-state index contributed by atoms with van der Waals surface area (Å²) in [5.74, 6) is 0. The van der Waals surface area contributed by atoms with Crippen molar-refractivity contribution in [2.24, 2.45) is 0 Å². The Morgan fingerprint density at radius 2 is 1.71 bits per heavy atom. The van der Waals surface area contributed by atoms with E-state index in [1.165, 1.54) is 25.7 Å². The first-order valence-electron chi connectivity index (χ1n) is 9.23. The van der Waals surface area contributed by atoms with Crippen LogP contribution in [-0.2, 0) is 6.54 Å². The molecule has 0 bridgehead atoms. The van der Waals surface area contributed by atoms with E-state index in [0.717, 1.165) is 56.2 Å². The van der Waals surface area contributed by atoms with E-state index in [1.54, 1.807) is 0 Å². The Balaban J connectivity index is 1.44. The summed E-state index contributed by atoms with van der Waals surface area (Å²) >= 11 is 6.24. The summed E-state index contributed by atoms with van der Waals surface area (Å²) in [6.07, 6.45) is 7.39. The van der Waals surface area contributed by atoms with Crippen LogP contribution in [0.25, 0.3) is 0 Å². The molecule has 1 saturated carbocycles. The lowest BCUT2D eigenvalue weighted by Crippen LogP contribution is -2.53. The van der Waals surface area contributed by atoms with Gasteiger partial charge in [0.05, 0.1) is 0 Å². The van der Waals surface area contributed by atoms with E-state index in [2.05, 4.69) is 16.3 Å². The minimum absolute atomic E-state index is 0.124. The normalized spacial score (nSPS) is 20.6. The second kappa shape index (κ2) is 8.72.